The molecule has 0 atom stereocenters. The quantitative estimate of drug-likeness (QED) is 0.891. The van der Waals surface area contributed by atoms with Crippen LogP contribution in [0.15, 0.2) is 18.3 Å². The van der Waals surface area contributed by atoms with Gasteiger partial charge in [-0.2, -0.15) is 5.26 Å². The zero-order valence-electron chi connectivity index (χ0n) is 13.9. The summed E-state index contributed by atoms with van der Waals surface area (Å²) in [7, 11) is 0. The number of hydrogen-bond donors (Lipinski definition) is 2. The number of nitrogens with one attached hydrogen (secondary N) is 1. The van der Waals surface area contributed by atoms with Gasteiger partial charge >= 0.3 is 6.09 Å². The lowest BCUT2D eigenvalue weighted by Crippen LogP contribution is -2.52. The third-order valence-electron chi connectivity index (χ3n) is 4.24. The standard InChI is InChI=1S/C17H24N4O2/c1-17(2,3)21(16(22)23)14-7-5-13(6-8-14)20-15-9-4-12(10-18)11-19-15/h4,9,11,13-14H,5-8H2,1-3H3,(H,19,20)(H,22,23)/t13-,14-. The van der Waals surface area contributed by atoms with E-state index in [0.717, 1.165) is 31.5 Å². The molecule has 0 unspecified atom stereocenters. The minimum atomic E-state index is -0.845. The monoisotopic (exact) mass is 316 g/mol. The Bertz CT molecular complexity index is 578. The molecule has 0 saturated heterocycles. The third kappa shape index (κ3) is 4.35. The molecule has 6 heteroatoms. The Kier molecular flexibility index (Phi) is 5.09. The van der Waals surface area contributed by atoms with Crippen molar-refractivity contribution in [2.45, 2.75) is 64.1 Å². The van der Waals surface area contributed by atoms with Crippen molar-refractivity contribution < 1.29 is 9.90 Å². The molecule has 1 amide bonds. The number of nitrogens with zero attached hydrogens (tertiary/aromatic N) is 3. The lowest BCUT2D eigenvalue weighted by molar-refractivity contribution is 0.0556. The summed E-state index contributed by atoms with van der Waals surface area (Å²) >= 11 is 0. The van der Waals surface area contributed by atoms with Crippen molar-refractivity contribution >= 4 is 11.9 Å². The van der Waals surface area contributed by atoms with E-state index in [4.69, 9.17) is 5.26 Å². The Hall–Kier alpha value is -2.29. The first-order valence-corrected chi connectivity index (χ1v) is 7.96. The van der Waals surface area contributed by atoms with Crippen LogP contribution in [0.1, 0.15) is 52.0 Å². The second-order valence-electron chi connectivity index (χ2n) is 7.02. The topological polar surface area (TPSA) is 89.3 Å². The molecule has 23 heavy (non-hydrogen) atoms. The van der Waals surface area contributed by atoms with Crippen molar-refractivity contribution in [3.05, 3.63) is 23.9 Å². The van der Waals surface area contributed by atoms with Gasteiger partial charge in [-0.3, -0.25) is 0 Å². The summed E-state index contributed by atoms with van der Waals surface area (Å²) in [5, 5.41) is 21.6. The number of hydrogen-bond acceptors (Lipinski definition) is 4. The summed E-state index contributed by atoms with van der Waals surface area (Å²) in [6.07, 6.45) is 4.22. The van der Waals surface area contributed by atoms with Crippen LogP contribution in [-0.2, 0) is 0 Å². The molecule has 1 heterocycles. The Balaban J connectivity index is 1.92. The van der Waals surface area contributed by atoms with Crippen molar-refractivity contribution in [2.75, 3.05) is 5.32 Å². The fourth-order valence-corrected chi connectivity index (χ4v) is 3.22. The van der Waals surface area contributed by atoms with Gasteiger partial charge in [0.1, 0.15) is 11.9 Å². The largest absolute Gasteiger partial charge is 0.465 e. The van der Waals surface area contributed by atoms with Gasteiger partial charge in [0.05, 0.1) is 5.56 Å². The highest BCUT2D eigenvalue weighted by Gasteiger charge is 2.35. The molecule has 1 fully saturated rings. The zero-order chi connectivity index (χ0) is 17.0. The summed E-state index contributed by atoms with van der Waals surface area (Å²) < 4.78 is 0. The van der Waals surface area contributed by atoms with Crippen molar-refractivity contribution in [2.24, 2.45) is 0 Å². The van der Waals surface area contributed by atoms with Crippen LogP contribution in [0.5, 0.6) is 0 Å². The average Bonchev–Trinajstić information content (AvgIpc) is 2.48. The van der Waals surface area contributed by atoms with Crippen LogP contribution in [0, 0.1) is 11.3 Å². The molecule has 1 aromatic heterocycles. The van der Waals surface area contributed by atoms with E-state index in [1.807, 2.05) is 32.9 Å². The van der Waals surface area contributed by atoms with E-state index >= 15 is 0 Å². The maximum absolute atomic E-state index is 11.6. The summed E-state index contributed by atoms with van der Waals surface area (Å²) in [6.45, 7) is 5.81. The first-order chi connectivity index (χ1) is 10.8. The molecule has 1 aliphatic rings. The molecule has 0 aliphatic heterocycles. The molecular formula is C17H24N4O2. The fraction of sp³-hybridized carbons (Fsp3) is 0.588. The van der Waals surface area contributed by atoms with E-state index in [0.29, 0.717) is 11.6 Å². The summed E-state index contributed by atoms with van der Waals surface area (Å²) in [5.74, 6) is 0.762. The van der Waals surface area contributed by atoms with Crippen LogP contribution in [-0.4, -0.2) is 38.7 Å². The second kappa shape index (κ2) is 6.86. The second-order valence-corrected chi connectivity index (χ2v) is 7.02. The van der Waals surface area contributed by atoms with Gasteiger partial charge < -0.3 is 15.3 Å². The highest BCUT2D eigenvalue weighted by molar-refractivity contribution is 5.66. The van der Waals surface area contributed by atoms with Crippen LogP contribution in [0.4, 0.5) is 10.6 Å². The molecule has 6 nitrogen and oxygen atoms in total. The number of rotatable bonds is 3. The van der Waals surface area contributed by atoms with Crippen molar-refractivity contribution in [3.63, 3.8) is 0 Å². The molecule has 0 radical (unpaired) electrons. The Morgan fingerprint density at radius 3 is 2.43 bits per heavy atom. The Labute approximate surface area is 137 Å². The van der Waals surface area contributed by atoms with Crippen LogP contribution >= 0.6 is 0 Å². The fourth-order valence-electron chi connectivity index (χ4n) is 3.22. The highest BCUT2D eigenvalue weighted by atomic mass is 16.4. The summed E-state index contributed by atoms with van der Waals surface area (Å²) in [6, 6.07) is 5.96. The lowest BCUT2D eigenvalue weighted by atomic mass is 9.88. The number of nitriles is 1. The Morgan fingerprint density at radius 2 is 2.00 bits per heavy atom. The minimum absolute atomic E-state index is 0.0690. The summed E-state index contributed by atoms with van der Waals surface area (Å²) in [5.41, 5.74) is 0.160. The predicted molar refractivity (Wildman–Crippen MR) is 88.2 cm³/mol. The first kappa shape index (κ1) is 17.1. The van der Waals surface area contributed by atoms with Crippen molar-refractivity contribution in [1.29, 1.82) is 5.26 Å². The van der Waals surface area contributed by atoms with Gasteiger partial charge in [-0.25, -0.2) is 9.78 Å². The van der Waals surface area contributed by atoms with E-state index in [1.165, 1.54) is 0 Å². The first-order valence-electron chi connectivity index (χ1n) is 7.96. The van der Waals surface area contributed by atoms with E-state index in [-0.39, 0.29) is 11.6 Å². The lowest BCUT2D eigenvalue weighted by Gasteiger charge is -2.42. The number of carbonyl (C=O) groups is 1. The Morgan fingerprint density at radius 1 is 1.35 bits per heavy atom. The van der Waals surface area contributed by atoms with Gasteiger partial charge in [0.25, 0.3) is 0 Å². The maximum Gasteiger partial charge on any atom is 0.407 e. The molecule has 1 saturated carbocycles. The molecule has 124 valence electrons. The number of amides is 1. The van der Waals surface area contributed by atoms with E-state index < -0.39 is 6.09 Å². The molecule has 1 aromatic rings. The third-order valence-corrected chi connectivity index (χ3v) is 4.24. The SMILES string of the molecule is CC(C)(C)N(C(=O)O)[C@H]1CC[C@H](Nc2ccc(C#N)cn2)CC1. The molecular weight excluding hydrogens is 292 g/mol. The smallest absolute Gasteiger partial charge is 0.407 e. The molecule has 1 aliphatic carbocycles. The molecule has 0 spiro atoms. The molecule has 0 bridgehead atoms. The average molecular weight is 316 g/mol. The van der Waals surface area contributed by atoms with Crippen molar-refractivity contribution in [3.8, 4) is 6.07 Å². The number of carboxylic acid groups (broad SMARTS) is 1. The summed E-state index contributed by atoms with van der Waals surface area (Å²) in [4.78, 5) is 17.4. The van der Waals surface area contributed by atoms with Crippen molar-refractivity contribution in [1.82, 2.24) is 9.88 Å². The van der Waals surface area contributed by atoms with E-state index in [2.05, 4.69) is 10.3 Å². The predicted octanol–water partition coefficient (Wildman–Crippen LogP) is 3.45. The van der Waals surface area contributed by atoms with Gasteiger partial charge in [0.15, 0.2) is 0 Å². The number of anilines is 1. The minimum Gasteiger partial charge on any atom is -0.465 e. The molecule has 0 aromatic carbocycles. The van der Waals surface area contributed by atoms with Gasteiger partial charge in [-0.1, -0.05) is 0 Å². The number of aromatic nitrogens is 1. The van der Waals surface area contributed by atoms with Crippen LogP contribution < -0.4 is 5.32 Å². The van der Waals surface area contributed by atoms with Gasteiger partial charge in [0.2, 0.25) is 0 Å². The van der Waals surface area contributed by atoms with E-state index in [9.17, 15) is 9.90 Å². The van der Waals surface area contributed by atoms with Crippen LogP contribution in [0.3, 0.4) is 0 Å². The zero-order valence-corrected chi connectivity index (χ0v) is 13.9. The molecule has 2 rings (SSSR count). The van der Waals surface area contributed by atoms with Gasteiger partial charge in [0, 0.05) is 23.8 Å². The van der Waals surface area contributed by atoms with E-state index in [1.54, 1.807) is 17.2 Å². The van der Waals surface area contributed by atoms with Gasteiger partial charge in [-0.05, 0) is 58.6 Å². The normalized spacial score (nSPS) is 21.3. The number of pyridine rings is 1. The van der Waals surface area contributed by atoms with Crippen LogP contribution in [0.2, 0.25) is 0 Å². The molecule has 2 N–H and O–H groups in total. The van der Waals surface area contributed by atoms with Gasteiger partial charge in [-0.15, -0.1) is 0 Å². The van der Waals surface area contributed by atoms with Crippen LogP contribution in [0.25, 0.3) is 0 Å². The maximum atomic E-state index is 11.6. The highest BCUT2D eigenvalue weighted by Crippen LogP contribution is 2.29.